The van der Waals surface area contributed by atoms with Gasteiger partial charge in [0.2, 0.25) is 0 Å². The number of hydrogen-bond donors (Lipinski definition) is 2. The van der Waals surface area contributed by atoms with Crippen LogP contribution in [0.5, 0.6) is 0 Å². The van der Waals surface area contributed by atoms with Crippen molar-refractivity contribution in [3.63, 3.8) is 0 Å². The molecule has 0 fully saturated rings. The molecule has 0 aliphatic heterocycles. The minimum Gasteiger partial charge on any atom is -0.323 e. The highest BCUT2D eigenvalue weighted by molar-refractivity contribution is 6.31. The number of anilines is 1. The van der Waals surface area contributed by atoms with Crippen molar-refractivity contribution in [1.82, 2.24) is 0 Å². The highest BCUT2D eigenvalue weighted by atomic mass is 35.5. The molecule has 0 aliphatic carbocycles. The van der Waals surface area contributed by atoms with Gasteiger partial charge in [-0.05, 0) is 37.3 Å². The monoisotopic (exact) mass is 355 g/mol. The smallest absolute Gasteiger partial charge is 0.282 e. The van der Waals surface area contributed by atoms with E-state index in [9.17, 15) is 9.18 Å². The second kappa shape index (κ2) is 7.77. The van der Waals surface area contributed by atoms with Crippen molar-refractivity contribution in [2.24, 2.45) is 0 Å². The number of carbonyl (C=O) groups is 1. The molecule has 2 atom stereocenters. The van der Waals surface area contributed by atoms with Crippen LogP contribution in [0.2, 0.25) is 10.0 Å². The first-order valence-electron chi connectivity index (χ1n) is 7.20. The second-order valence-electron chi connectivity index (χ2n) is 5.44. The molecule has 0 spiro atoms. The molecule has 0 bridgehead atoms. The maximum Gasteiger partial charge on any atom is 0.282 e. The first kappa shape index (κ1) is 17.7. The largest absolute Gasteiger partial charge is 0.323 e. The number of amides is 1. The third-order valence-electron chi connectivity index (χ3n) is 3.74. The summed E-state index contributed by atoms with van der Waals surface area (Å²) in [6, 6.07) is 11.1. The van der Waals surface area contributed by atoms with Crippen molar-refractivity contribution in [1.29, 1.82) is 0 Å². The van der Waals surface area contributed by atoms with Gasteiger partial charge in [-0.15, -0.1) is 0 Å². The van der Waals surface area contributed by atoms with E-state index in [0.717, 1.165) is 4.90 Å². The van der Waals surface area contributed by atoms with Crippen molar-refractivity contribution in [3.8, 4) is 0 Å². The van der Waals surface area contributed by atoms with Gasteiger partial charge in [-0.2, -0.15) is 0 Å². The molecular weight excluding hydrogens is 338 g/mol. The minimum atomic E-state index is -0.385. The Labute approximate surface area is 145 Å². The standard InChI is InChI=1S/C17H17Cl2FN2O/c1-11(17(23)21-13-6-3-5-12(18)9-13)22(2)10-14-15(19)7-4-8-16(14)20/h3-9,11H,10H2,1-2H3,(H,21,23)/p+1/t11-/m0/s1. The maximum atomic E-state index is 13.9. The second-order valence-corrected chi connectivity index (χ2v) is 6.29. The van der Waals surface area contributed by atoms with E-state index in [0.29, 0.717) is 27.8 Å². The zero-order valence-electron chi connectivity index (χ0n) is 12.9. The highest BCUT2D eigenvalue weighted by Gasteiger charge is 2.24. The summed E-state index contributed by atoms with van der Waals surface area (Å²) in [5.41, 5.74) is 1.04. The van der Waals surface area contributed by atoms with Gasteiger partial charge in [0.15, 0.2) is 6.04 Å². The summed E-state index contributed by atoms with van der Waals surface area (Å²) in [6.45, 7) is 2.10. The number of nitrogens with one attached hydrogen (secondary N) is 2. The van der Waals surface area contributed by atoms with Crippen molar-refractivity contribution in [2.75, 3.05) is 12.4 Å². The zero-order valence-corrected chi connectivity index (χ0v) is 14.4. The van der Waals surface area contributed by atoms with Gasteiger partial charge in [0.05, 0.1) is 17.6 Å². The molecule has 1 amide bonds. The number of likely N-dealkylation sites (N-methyl/N-ethyl adjacent to an activating group) is 1. The van der Waals surface area contributed by atoms with Gasteiger partial charge in [0.1, 0.15) is 12.4 Å². The van der Waals surface area contributed by atoms with Crippen LogP contribution in [-0.4, -0.2) is 19.0 Å². The van der Waals surface area contributed by atoms with Crippen LogP contribution in [0.15, 0.2) is 42.5 Å². The predicted molar refractivity (Wildman–Crippen MR) is 91.5 cm³/mol. The van der Waals surface area contributed by atoms with E-state index in [-0.39, 0.29) is 17.8 Å². The zero-order chi connectivity index (χ0) is 17.0. The Kier molecular flexibility index (Phi) is 5.99. The lowest BCUT2D eigenvalue weighted by molar-refractivity contribution is -0.908. The molecule has 1 unspecified atom stereocenters. The van der Waals surface area contributed by atoms with Gasteiger partial charge in [-0.3, -0.25) is 4.79 Å². The third kappa shape index (κ3) is 4.67. The topological polar surface area (TPSA) is 33.5 Å². The summed E-state index contributed by atoms with van der Waals surface area (Å²) < 4.78 is 13.9. The van der Waals surface area contributed by atoms with Gasteiger partial charge in [0, 0.05) is 10.7 Å². The fourth-order valence-electron chi connectivity index (χ4n) is 2.17. The molecule has 0 heterocycles. The number of rotatable bonds is 5. The first-order valence-corrected chi connectivity index (χ1v) is 7.95. The number of quaternary nitrogens is 1. The van der Waals surface area contributed by atoms with E-state index in [1.54, 1.807) is 43.3 Å². The average molecular weight is 356 g/mol. The fraction of sp³-hybridized carbons (Fsp3) is 0.235. The summed E-state index contributed by atoms with van der Waals surface area (Å²) in [7, 11) is 1.82. The van der Waals surface area contributed by atoms with Crippen LogP contribution in [-0.2, 0) is 11.3 Å². The SMILES string of the molecule is C[C@@H](C(=O)Nc1cccc(Cl)c1)[NH+](C)Cc1c(F)cccc1Cl. The van der Waals surface area contributed by atoms with Crippen molar-refractivity contribution < 1.29 is 14.1 Å². The van der Waals surface area contributed by atoms with Crippen molar-refractivity contribution in [3.05, 3.63) is 63.9 Å². The lowest BCUT2D eigenvalue weighted by atomic mass is 10.1. The number of halogens is 3. The fourth-order valence-corrected chi connectivity index (χ4v) is 2.59. The Bertz CT molecular complexity index is 688. The molecule has 122 valence electrons. The van der Waals surface area contributed by atoms with Crippen LogP contribution >= 0.6 is 23.2 Å². The highest BCUT2D eigenvalue weighted by Crippen LogP contribution is 2.18. The minimum absolute atomic E-state index is 0.169. The summed E-state index contributed by atoms with van der Waals surface area (Å²) in [5.74, 6) is -0.531. The van der Waals surface area contributed by atoms with E-state index >= 15 is 0 Å². The molecule has 0 aromatic heterocycles. The van der Waals surface area contributed by atoms with Gasteiger partial charge in [-0.1, -0.05) is 35.3 Å². The first-order chi connectivity index (χ1) is 10.9. The van der Waals surface area contributed by atoms with Crippen molar-refractivity contribution >= 4 is 34.8 Å². The normalized spacial score (nSPS) is 13.4. The Morgan fingerprint density at radius 1 is 1.26 bits per heavy atom. The van der Waals surface area contributed by atoms with E-state index < -0.39 is 0 Å². The van der Waals surface area contributed by atoms with Gasteiger partial charge < -0.3 is 10.2 Å². The van der Waals surface area contributed by atoms with Gasteiger partial charge in [0.25, 0.3) is 5.91 Å². The summed E-state index contributed by atoms with van der Waals surface area (Å²) >= 11 is 11.9. The molecule has 3 nitrogen and oxygen atoms in total. The van der Waals surface area contributed by atoms with Crippen molar-refractivity contribution in [2.45, 2.75) is 19.5 Å². The van der Waals surface area contributed by atoms with E-state index in [4.69, 9.17) is 23.2 Å². The molecule has 0 aliphatic rings. The Balaban J connectivity index is 2.04. The third-order valence-corrected chi connectivity index (χ3v) is 4.33. The predicted octanol–water partition coefficient (Wildman–Crippen LogP) is 3.17. The van der Waals surface area contributed by atoms with Crippen LogP contribution < -0.4 is 10.2 Å². The average Bonchev–Trinajstić information content (AvgIpc) is 2.50. The van der Waals surface area contributed by atoms with Crippen LogP contribution in [0.3, 0.4) is 0 Å². The summed E-state index contributed by atoms with van der Waals surface area (Å²) in [6.07, 6.45) is 0. The Morgan fingerprint density at radius 3 is 2.61 bits per heavy atom. The van der Waals surface area contributed by atoms with Gasteiger partial charge >= 0.3 is 0 Å². The molecular formula is C17H18Cl2FN2O+. The Hall–Kier alpha value is -1.62. The van der Waals surface area contributed by atoms with E-state index in [1.807, 2.05) is 7.05 Å². The number of benzene rings is 2. The quantitative estimate of drug-likeness (QED) is 0.848. The summed E-state index contributed by atoms with van der Waals surface area (Å²) in [5, 5.41) is 3.73. The van der Waals surface area contributed by atoms with Crippen LogP contribution in [0, 0.1) is 5.82 Å². The van der Waals surface area contributed by atoms with Crippen LogP contribution in [0.1, 0.15) is 12.5 Å². The molecule has 0 radical (unpaired) electrons. The maximum absolute atomic E-state index is 13.9. The lowest BCUT2D eigenvalue weighted by Crippen LogP contribution is -3.12. The molecule has 0 saturated heterocycles. The molecule has 2 rings (SSSR count). The molecule has 2 aromatic rings. The summed E-state index contributed by atoms with van der Waals surface area (Å²) in [4.78, 5) is 13.2. The number of carbonyl (C=O) groups excluding carboxylic acids is 1. The lowest BCUT2D eigenvalue weighted by Gasteiger charge is -2.21. The van der Waals surface area contributed by atoms with Crippen LogP contribution in [0.25, 0.3) is 0 Å². The number of hydrogen-bond acceptors (Lipinski definition) is 1. The van der Waals surface area contributed by atoms with Gasteiger partial charge in [-0.25, -0.2) is 4.39 Å². The molecule has 0 saturated carbocycles. The molecule has 6 heteroatoms. The Morgan fingerprint density at radius 2 is 1.96 bits per heavy atom. The molecule has 2 aromatic carbocycles. The molecule has 2 N–H and O–H groups in total. The van der Waals surface area contributed by atoms with E-state index in [1.165, 1.54) is 6.07 Å². The van der Waals surface area contributed by atoms with Crippen LogP contribution in [0.4, 0.5) is 10.1 Å². The van der Waals surface area contributed by atoms with E-state index in [2.05, 4.69) is 5.32 Å². The molecule has 23 heavy (non-hydrogen) atoms.